The topological polar surface area (TPSA) is 63.9 Å². The third kappa shape index (κ3) is 1.25. The number of aliphatic hydroxyl groups excluding tert-OH is 3. The van der Waals surface area contributed by atoms with E-state index in [1.54, 1.807) is 0 Å². The molecule has 0 aromatic carbocycles. The molecule has 4 atom stereocenters. The average molecular weight is 173 g/mol. The molecule has 0 saturated carbocycles. The van der Waals surface area contributed by atoms with Crippen LogP contribution in [0.2, 0.25) is 0 Å². The molecule has 70 valence electrons. The molecule has 2 saturated heterocycles. The Balaban J connectivity index is 2.04. The van der Waals surface area contributed by atoms with E-state index in [9.17, 15) is 15.3 Å². The summed E-state index contributed by atoms with van der Waals surface area (Å²) in [5.74, 6) is 0. The van der Waals surface area contributed by atoms with Crippen molar-refractivity contribution < 1.29 is 15.3 Å². The molecule has 0 aliphatic carbocycles. The van der Waals surface area contributed by atoms with E-state index in [-0.39, 0.29) is 12.1 Å². The molecule has 4 nitrogen and oxygen atoms in total. The lowest BCUT2D eigenvalue weighted by atomic mass is 9.96. The highest BCUT2D eigenvalue weighted by Crippen LogP contribution is 2.27. The van der Waals surface area contributed by atoms with E-state index in [1.807, 2.05) is 0 Å². The average Bonchev–Trinajstić information content (AvgIpc) is 2.35. The SMILES string of the molecule is OC1C[C@H]2[C@@H](O)CCN2C[C@@H]1O. The van der Waals surface area contributed by atoms with Gasteiger partial charge in [-0.05, 0) is 12.8 Å². The molecule has 3 N–H and O–H groups in total. The zero-order valence-corrected chi connectivity index (χ0v) is 6.93. The fraction of sp³-hybridized carbons (Fsp3) is 1.00. The van der Waals surface area contributed by atoms with Crippen LogP contribution >= 0.6 is 0 Å². The van der Waals surface area contributed by atoms with Crippen molar-refractivity contribution in [2.24, 2.45) is 0 Å². The summed E-state index contributed by atoms with van der Waals surface area (Å²) in [6.07, 6.45) is -0.329. The summed E-state index contributed by atoms with van der Waals surface area (Å²) in [4.78, 5) is 2.06. The maximum atomic E-state index is 9.49. The molecule has 2 aliphatic rings. The normalized spacial score (nSPS) is 49.2. The predicted octanol–water partition coefficient (Wildman–Crippen LogP) is -1.45. The van der Waals surface area contributed by atoms with Crippen molar-refractivity contribution >= 4 is 0 Å². The first-order valence-corrected chi connectivity index (χ1v) is 4.46. The van der Waals surface area contributed by atoms with E-state index >= 15 is 0 Å². The molecule has 12 heavy (non-hydrogen) atoms. The van der Waals surface area contributed by atoms with E-state index in [2.05, 4.69) is 4.90 Å². The second-order valence-electron chi connectivity index (χ2n) is 3.79. The van der Waals surface area contributed by atoms with Crippen LogP contribution in [0, 0.1) is 0 Å². The number of nitrogens with zero attached hydrogens (tertiary/aromatic N) is 1. The molecule has 4 heteroatoms. The van der Waals surface area contributed by atoms with Crippen LogP contribution in [0.15, 0.2) is 0 Å². The van der Waals surface area contributed by atoms with Gasteiger partial charge in [0.05, 0.1) is 18.3 Å². The molecule has 0 aromatic rings. The quantitative estimate of drug-likeness (QED) is 0.419. The number of aliphatic hydroxyl groups is 3. The van der Waals surface area contributed by atoms with Gasteiger partial charge in [0.25, 0.3) is 0 Å². The van der Waals surface area contributed by atoms with Gasteiger partial charge in [-0.15, -0.1) is 0 Å². The summed E-state index contributed by atoms with van der Waals surface area (Å²) in [6, 6.07) is 0.0726. The van der Waals surface area contributed by atoms with Gasteiger partial charge in [-0.2, -0.15) is 0 Å². The highest BCUT2D eigenvalue weighted by atomic mass is 16.3. The Morgan fingerprint density at radius 1 is 1.00 bits per heavy atom. The van der Waals surface area contributed by atoms with Crippen LogP contribution in [0.25, 0.3) is 0 Å². The predicted molar refractivity (Wildman–Crippen MR) is 42.6 cm³/mol. The first-order chi connectivity index (χ1) is 5.68. The standard InChI is InChI=1S/C8H15NO3/c10-6-1-2-9-4-8(12)7(11)3-5(6)9/h5-8,10-12H,1-4H2/t5-,6-,7?,8-/m0/s1. The van der Waals surface area contributed by atoms with E-state index in [0.29, 0.717) is 13.0 Å². The monoisotopic (exact) mass is 173 g/mol. The summed E-state index contributed by atoms with van der Waals surface area (Å²) in [5, 5.41) is 28.2. The summed E-state index contributed by atoms with van der Waals surface area (Å²) < 4.78 is 0. The Morgan fingerprint density at radius 3 is 2.50 bits per heavy atom. The molecule has 2 aliphatic heterocycles. The molecule has 2 fully saturated rings. The molecular weight excluding hydrogens is 158 g/mol. The van der Waals surface area contributed by atoms with Crippen molar-refractivity contribution in [1.29, 1.82) is 0 Å². The Morgan fingerprint density at radius 2 is 1.75 bits per heavy atom. The Labute approximate surface area is 71.4 Å². The van der Waals surface area contributed by atoms with E-state index in [1.165, 1.54) is 0 Å². The lowest BCUT2D eigenvalue weighted by Gasteiger charge is -2.36. The highest BCUT2D eigenvalue weighted by molar-refractivity contribution is 4.95. The Hall–Kier alpha value is -0.160. The van der Waals surface area contributed by atoms with Crippen molar-refractivity contribution in [1.82, 2.24) is 4.90 Å². The van der Waals surface area contributed by atoms with Gasteiger partial charge in [0.15, 0.2) is 0 Å². The van der Waals surface area contributed by atoms with Crippen LogP contribution in [0.5, 0.6) is 0 Å². The Bertz CT molecular complexity index is 176. The maximum absolute atomic E-state index is 9.49. The van der Waals surface area contributed by atoms with Gasteiger partial charge in [-0.3, -0.25) is 4.90 Å². The van der Waals surface area contributed by atoms with Gasteiger partial charge < -0.3 is 15.3 Å². The van der Waals surface area contributed by atoms with Crippen LogP contribution in [-0.2, 0) is 0 Å². The van der Waals surface area contributed by atoms with Crippen LogP contribution in [-0.4, -0.2) is 57.7 Å². The van der Waals surface area contributed by atoms with Gasteiger partial charge in [0, 0.05) is 19.1 Å². The minimum absolute atomic E-state index is 0.0726. The first-order valence-electron chi connectivity index (χ1n) is 4.46. The fourth-order valence-corrected chi connectivity index (χ4v) is 2.20. The van der Waals surface area contributed by atoms with Crippen LogP contribution in [0.4, 0.5) is 0 Å². The first kappa shape index (κ1) is 8.44. The molecule has 0 aromatic heterocycles. The van der Waals surface area contributed by atoms with Gasteiger partial charge in [0.1, 0.15) is 0 Å². The Kier molecular flexibility index (Phi) is 2.08. The molecule has 2 rings (SSSR count). The molecule has 0 bridgehead atoms. The van der Waals surface area contributed by atoms with Gasteiger partial charge in [0.2, 0.25) is 0 Å². The third-order valence-electron chi connectivity index (χ3n) is 2.97. The summed E-state index contributed by atoms with van der Waals surface area (Å²) >= 11 is 0. The molecular formula is C8H15NO3. The minimum Gasteiger partial charge on any atom is -0.391 e. The number of piperidine rings is 1. The molecule has 1 unspecified atom stereocenters. The van der Waals surface area contributed by atoms with Crippen LogP contribution in [0.3, 0.4) is 0 Å². The molecule has 0 radical (unpaired) electrons. The number of hydrogen-bond acceptors (Lipinski definition) is 4. The van der Waals surface area contributed by atoms with Crippen molar-refractivity contribution in [3.63, 3.8) is 0 Å². The molecule has 0 amide bonds. The lowest BCUT2D eigenvalue weighted by molar-refractivity contribution is -0.0643. The number of rotatable bonds is 0. The number of fused-ring (bicyclic) bond motifs is 1. The summed E-state index contributed by atoms with van der Waals surface area (Å²) in [7, 11) is 0. The van der Waals surface area contributed by atoms with E-state index < -0.39 is 12.2 Å². The second-order valence-corrected chi connectivity index (χ2v) is 3.79. The van der Waals surface area contributed by atoms with E-state index in [0.717, 1.165) is 13.0 Å². The minimum atomic E-state index is -0.654. The lowest BCUT2D eigenvalue weighted by Crippen LogP contribution is -2.51. The van der Waals surface area contributed by atoms with Crippen LogP contribution < -0.4 is 0 Å². The van der Waals surface area contributed by atoms with Crippen molar-refractivity contribution in [3.8, 4) is 0 Å². The van der Waals surface area contributed by atoms with Gasteiger partial charge >= 0.3 is 0 Å². The van der Waals surface area contributed by atoms with Crippen molar-refractivity contribution in [3.05, 3.63) is 0 Å². The second kappa shape index (κ2) is 2.96. The zero-order chi connectivity index (χ0) is 8.72. The molecule has 2 heterocycles. The van der Waals surface area contributed by atoms with E-state index in [4.69, 9.17) is 0 Å². The fourth-order valence-electron chi connectivity index (χ4n) is 2.20. The van der Waals surface area contributed by atoms with Crippen LogP contribution in [0.1, 0.15) is 12.8 Å². The van der Waals surface area contributed by atoms with Gasteiger partial charge in [-0.1, -0.05) is 0 Å². The summed E-state index contributed by atoms with van der Waals surface area (Å²) in [6.45, 7) is 1.35. The van der Waals surface area contributed by atoms with Gasteiger partial charge in [-0.25, -0.2) is 0 Å². The zero-order valence-electron chi connectivity index (χ0n) is 6.93. The van der Waals surface area contributed by atoms with Crippen molar-refractivity contribution in [2.45, 2.75) is 37.2 Å². The van der Waals surface area contributed by atoms with Crippen molar-refractivity contribution in [2.75, 3.05) is 13.1 Å². The largest absolute Gasteiger partial charge is 0.391 e. The third-order valence-corrected chi connectivity index (χ3v) is 2.97. The smallest absolute Gasteiger partial charge is 0.0926 e. The molecule has 0 spiro atoms. The highest BCUT2D eigenvalue weighted by Gasteiger charge is 2.40. The summed E-state index contributed by atoms with van der Waals surface area (Å²) in [5.41, 5.74) is 0. The maximum Gasteiger partial charge on any atom is 0.0926 e. The number of hydrogen-bond donors (Lipinski definition) is 3.